The van der Waals surface area contributed by atoms with E-state index < -0.39 is 10.0 Å². The monoisotopic (exact) mass is 563 g/mol. The Morgan fingerprint density at radius 2 is 2.10 bits per heavy atom. The van der Waals surface area contributed by atoms with E-state index in [-0.39, 0.29) is 48.9 Å². The van der Waals surface area contributed by atoms with Crippen LogP contribution in [0.25, 0.3) is 0 Å². The lowest BCUT2D eigenvalue weighted by molar-refractivity contribution is 0.177. The van der Waals surface area contributed by atoms with Crippen molar-refractivity contribution in [2.45, 2.75) is 38.6 Å². The Kier molecular flexibility index (Phi) is 10.1. The number of aromatic nitrogens is 3. The third kappa shape index (κ3) is 8.01. The molecule has 1 aliphatic rings. The second-order valence-electron chi connectivity index (χ2n) is 7.06. The van der Waals surface area contributed by atoms with Crippen LogP contribution < -0.4 is 15.4 Å². The van der Waals surface area contributed by atoms with Gasteiger partial charge in [-0.1, -0.05) is 30.3 Å². The van der Waals surface area contributed by atoms with Crippen molar-refractivity contribution in [2.75, 3.05) is 26.5 Å². The molecule has 0 amide bonds. The number of hydrogen-bond donors (Lipinski definition) is 3. The van der Waals surface area contributed by atoms with Crippen molar-refractivity contribution in [3.8, 4) is 0 Å². The summed E-state index contributed by atoms with van der Waals surface area (Å²) >= 11 is 0. The number of nitrogens with zero attached hydrogens (tertiary/aromatic N) is 4. The second-order valence-corrected chi connectivity index (χ2v) is 8.99. The molecule has 12 heteroatoms. The molecule has 31 heavy (non-hydrogen) atoms. The number of hydrogen-bond acceptors (Lipinski definition) is 6. The number of guanidine groups is 1. The van der Waals surface area contributed by atoms with E-state index >= 15 is 0 Å². The van der Waals surface area contributed by atoms with Gasteiger partial charge in [0.1, 0.15) is 12.4 Å². The van der Waals surface area contributed by atoms with Crippen LogP contribution in [0.5, 0.6) is 0 Å². The van der Waals surface area contributed by atoms with E-state index in [1.54, 1.807) is 14.2 Å². The van der Waals surface area contributed by atoms with Gasteiger partial charge in [-0.3, -0.25) is 4.99 Å². The van der Waals surface area contributed by atoms with Gasteiger partial charge in [-0.2, -0.15) is 5.10 Å². The first-order valence-electron chi connectivity index (χ1n) is 9.89. The average molecular weight is 563 g/mol. The molecule has 0 saturated heterocycles. The number of sulfonamides is 1. The highest BCUT2D eigenvalue weighted by molar-refractivity contribution is 14.0. The van der Waals surface area contributed by atoms with Crippen LogP contribution in [-0.4, -0.2) is 61.6 Å². The van der Waals surface area contributed by atoms with Crippen molar-refractivity contribution in [2.24, 2.45) is 4.99 Å². The topological polar surface area (TPSA) is 123 Å². The van der Waals surface area contributed by atoms with E-state index in [1.807, 2.05) is 35.0 Å². The summed E-state index contributed by atoms with van der Waals surface area (Å²) in [6.07, 6.45) is 1.70. The van der Waals surface area contributed by atoms with Crippen molar-refractivity contribution in [1.82, 2.24) is 30.1 Å². The van der Waals surface area contributed by atoms with Gasteiger partial charge in [0.05, 0.1) is 12.3 Å². The summed E-state index contributed by atoms with van der Waals surface area (Å²) < 4.78 is 34.0. The number of halogens is 1. The van der Waals surface area contributed by atoms with Gasteiger partial charge in [-0.25, -0.2) is 22.8 Å². The standard InChI is InChI=1S/C19H29N7O3S.HI/c1-20-19(21-10-11-30(27,28)22-12-15-6-4-3-5-7-15)23-16-8-9-18-24-17(14-29-2)25-26(18)13-16;/h3-7,16,22H,8-14H2,1-2H3,(H2,20,21,23);1H. The zero-order valence-electron chi connectivity index (χ0n) is 17.7. The van der Waals surface area contributed by atoms with Crippen LogP contribution in [0.15, 0.2) is 35.3 Å². The summed E-state index contributed by atoms with van der Waals surface area (Å²) in [4.78, 5) is 8.67. The van der Waals surface area contributed by atoms with E-state index in [9.17, 15) is 8.42 Å². The first kappa shape index (κ1) is 25.5. The average Bonchev–Trinajstić information content (AvgIpc) is 3.14. The lowest BCUT2D eigenvalue weighted by atomic mass is 10.1. The maximum absolute atomic E-state index is 12.2. The lowest BCUT2D eigenvalue weighted by Gasteiger charge is -2.25. The van der Waals surface area contributed by atoms with Gasteiger partial charge in [0.15, 0.2) is 11.8 Å². The third-order valence-corrected chi connectivity index (χ3v) is 6.07. The minimum atomic E-state index is -3.39. The Bertz CT molecular complexity index is 951. The molecule has 1 aliphatic heterocycles. The van der Waals surface area contributed by atoms with Crippen molar-refractivity contribution in [3.05, 3.63) is 47.5 Å². The zero-order valence-corrected chi connectivity index (χ0v) is 20.9. The molecule has 172 valence electrons. The van der Waals surface area contributed by atoms with Crippen LogP contribution in [0.2, 0.25) is 0 Å². The molecule has 10 nitrogen and oxygen atoms in total. The predicted octanol–water partition coefficient (Wildman–Crippen LogP) is 0.642. The highest BCUT2D eigenvalue weighted by Crippen LogP contribution is 2.13. The number of aliphatic imine (C=N–C) groups is 1. The summed E-state index contributed by atoms with van der Waals surface area (Å²) in [6, 6.07) is 9.56. The first-order chi connectivity index (χ1) is 14.5. The number of rotatable bonds is 9. The van der Waals surface area contributed by atoms with Crippen molar-refractivity contribution >= 4 is 40.0 Å². The largest absolute Gasteiger partial charge is 0.377 e. The first-order valence-corrected chi connectivity index (χ1v) is 11.5. The Labute approximate surface area is 200 Å². The number of ether oxygens (including phenoxy) is 1. The third-order valence-electron chi connectivity index (χ3n) is 4.74. The molecule has 3 rings (SSSR count). The normalized spacial score (nSPS) is 16.3. The summed E-state index contributed by atoms with van der Waals surface area (Å²) in [5, 5.41) is 10.9. The van der Waals surface area contributed by atoms with E-state index in [2.05, 4.69) is 30.4 Å². The summed E-state index contributed by atoms with van der Waals surface area (Å²) in [5.41, 5.74) is 0.921. The smallest absolute Gasteiger partial charge is 0.213 e. The Morgan fingerprint density at radius 1 is 1.32 bits per heavy atom. The summed E-state index contributed by atoms with van der Waals surface area (Å²) in [5.74, 6) is 2.17. The number of benzene rings is 1. The molecule has 0 radical (unpaired) electrons. The van der Waals surface area contributed by atoms with Gasteiger partial charge >= 0.3 is 0 Å². The van der Waals surface area contributed by atoms with Crippen molar-refractivity contribution < 1.29 is 13.2 Å². The van der Waals surface area contributed by atoms with Crippen LogP contribution in [0.4, 0.5) is 0 Å². The molecule has 0 bridgehead atoms. The van der Waals surface area contributed by atoms with E-state index in [1.165, 1.54) is 0 Å². The van der Waals surface area contributed by atoms with Gasteiger partial charge in [0.2, 0.25) is 10.0 Å². The van der Waals surface area contributed by atoms with Crippen LogP contribution >= 0.6 is 24.0 Å². The van der Waals surface area contributed by atoms with Crippen LogP contribution in [0, 0.1) is 0 Å². The van der Waals surface area contributed by atoms with Crippen LogP contribution in [0.3, 0.4) is 0 Å². The molecule has 1 unspecified atom stereocenters. The molecule has 0 saturated carbocycles. The van der Waals surface area contributed by atoms with Gasteiger partial charge in [-0.15, -0.1) is 24.0 Å². The van der Waals surface area contributed by atoms with E-state index in [0.29, 0.717) is 24.9 Å². The molecule has 1 atom stereocenters. The molecular formula is C19H30IN7O3S. The zero-order chi connectivity index (χ0) is 21.4. The highest BCUT2D eigenvalue weighted by atomic mass is 127. The van der Waals surface area contributed by atoms with Crippen LogP contribution in [0.1, 0.15) is 23.6 Å². The molecule has 0 fully saturated rings. The molecule has 3 N–H and O–H groups in total. The number of nitrogens with one attached hydrogen (secondary N) is 3. The quantitative estimate of drug-likeness (QED) is 0.233. The lowest BCUT2D eigenvalue weighted by Crippen LogP contribution is -2.48. The van der Waals surface area contributed by atoms with Crippen molar-refractivity contribution in [3.63, 3.8) is 0 Å². The van der Waals surface area contributed by atoms with Gasteiger partial charge in [0, 0.05) is 39.7 Å². The molecule has 2 aromatic rings. The predicted molar refractivity (Wildman–Crippen MR) is 130 cm³/mol. The molecule has 0 aliphatic carbocycles. The maximum Gasteiger partial charge on any atom is 0.213 e. The molecule has 2 heterocycles. The molecule has 0 spiro atoms. The SMILES string of the molecule is CN=C(NCCS(=O)(=O)NCc1ccccc1)NC1CCc2nc(COC)nn2C1.I. The Hall–Kier alpha value is -1.77. The minimum Gasteiger partial charge on any atom is -0.377 e. The fraction of sp³-hybridized carbons (Fsp3) is 0.526. The Morgan fingerprint density at radius 3 is 2.81 bits per heavy atom. The number of aryl methyl sites for hydroxylation is 1. The molecular weight excluding hydrogens is 533 g/mol. The number of methoxy groups -OCH3 is 1. The Balaban J connectivity index is 0.00000341. The summed E-state index contributed by atoms with van der Waals surface area (Å²) in [6.45, 7) is 1.60. The van der Waals surface area contributed by atoms with Gasteiger partial charge in [-0.05, 0) is 12.0 Å². The van der Waals surface area contributed by atoms with E-state index in [4.69, 9.17) is 4.74 Å². The van der Waals surface area contributed by atoms with Gasteiger partial charge in [0.25, 0.3) is 0 Å². The van der Waals surface area contributed by atoms with Crippen LogP contribution in [-0.2, 0) is 40.9 Å². The molecule has 1 aromatic carbocycles. The fourth-order valence-corrected chi connectivity index (χ4v) is 4.12. The second kappa shape index (κ2) is 12.3. The maximum atomic E-state index is 12.2. The number of fused-ring (bicyclic) bond motifs is 1. The van der Waals surface area contributed by atoms with Gasteiger partial charge < -0.3 is 15.4 Å². The highest BCUT2D eigenvalue weighted by Gasteiger charge is 2.22. The minimum absolute atomic E-state index is 0. The van der Waals surface area contributed by atoms with E-state index in [0.717, 1.165) is 24.2 Å². The summed E-state index contributed by atoms with van der Waals surface area (Å²) in [7, 11) is -0.102. The van der Waals surface area contributed by atoms with Crippen molar-refractivity contribution in [1.29, 1.82) is 0 Å². The fourth-order valence-electron chi connectivity index (χ4n) is 3.22. The molecule has 1 aromatic heterocycles.